The van der Waals surface area contributed by atoms with Gasteiger partial charge < -0.3 is 4.90 Å². The monoisotopic (exact) mass is 274 g/mol. The first kappa shape index (κ1) is 13.9. The van der Waals surface area contributed by atoms with Crippen LogP contribution in [0.5, 0.6) is 0 Å². The normalized spacial score (nSPS) is 38.0. The van der Waals surface area contributed by atoms with Gasteiger partial charge in [0, 0.05) is 12.5 Å². The van der Waals surface area contributed by atoms with Crippen LogP contribution in [0.2, 0.25) is 0 Å². The van der Waals surface area contributed by atoms with E-state index in [1.54, 1.807) is 4.90 Å². The smallest absolute Gasteiger partial charge is 0.223 e. The number of carbonyl (C=O) groups is 1. The Morgan fingerprint density at radius 1 is 1.15 bits per heavy atom. The van der Waals surface area contributed by atoms with Crippen LogP contribution < -0.4 is 0 Å². The van der Waals surface area contributed by atoms with Crippen LogP contribution in [-0.4, -0.2) is 23.4 Å². The van der Waals surface area contributed by atoms with Crippen LogP contribution in [-0.2, 0) is 4.79 Å². The molecule has 4 aliphatic carbocycles. The predicted octanol–water partition coefficient (Wildman–Crippen LogP) is 3.21. The molecule has 110 valence electrons. The number of carbonyl (C=O) groups excluding carboxylic acids is 1. The number of hydrogen-bond donors (Lipinski definition) is 0. The Balaban J connectivity index is 1.65. The van der Waals surface area contributed by atoms with E-state index < -0.39 is 0 Å². The fraction of sp³-hybridized carbons (Fsp3) is 0.882. The highest BCUT2D eigenvalue weighted by molar-refractivity contribution is 5.77. The summed E-state index contributed by atoms with van der Waals surface area (Å²) in [5.74, 6) is 4.33. The first-order valence-electron chi connectivity index (χ1n) is 8.24. The van der Waals surface area contributed by atoms with Crippen LogP contribution in [0.25, 0.3) is 0 Å². The summed E-state index contributed by atoms with van der Waals surface area (Å²) in [5.41, 5.74) is 0. The zero-order chi connectivity index (χ0) is 14.3. The van der Waals surface area contributed by atoms with E-state index in [9.17, 15) is 4.79 Å². The molecule has 4 saturated carbocycles. The van der Waals surface area contributed by atoms with E-state index in [4.69, 9.17) is 5.26 Å². The van der Waals surface area contributed by atoms with Crippen molar-refractivity contribution < 1.29 is 4.79 Å². The van der Waals surface area contributed by atoms with Gasteiger partial charge in [-0.25, -0.2) is 0 Å². The molecular weight excluding hydrogens is 248 g/mol. The molecular formula is C17H26N2O. The molecule has 0 aromatic rings. The van der Waals surface area contributed by atoms with E-state index in [1.807, 2.05) is 13.8 Å². The zero-order valence-electron chi connectivity index (χ0n) is 12.7. The van der Waals surface area contributed by atoms with Gasteiger partial charge in [-0.3, -0.25) is 4.79 Å². The molecule has 4 rings (SSSR count). The molecule has 3 heteroatoms. The number of rotatable bonds is 4. The molecule has 0 N–H and O–H groups in total. The molecule has 4 aliphatic rings. The first-order chi connectivity index (χ1) is 9.58. The molecule has 0 atom stereocenters. The van der Waals surface area contributed by atoms with Gasteiger partial charge in [0.05, 0.1) is 6.07 Å². The molecule has 0 unspecified atom stereocenters. The van der Waals surface area contributed by atoms with Gasteiger partial charge in [0.25, 0.3) is 0 Å². The molecule has 0 spiro atoms. The van der Waals surface area contributed by atoms with Gasteiger partial charge in [0.15, 0.2) is 0 Å². The second-order valence-corrected chi connectivity index (χ2v) is 7.57. The number of hydrogen-bond acceptors (Lipinski definition) is 2. The maximum absolute atomic E-state index is 12.5. The minimum atomic E-state index is 0.138. The van der Waals surface area contributed by atoms with Crippen molar-refractivity contribution in [3.05, 3.63) is 0 Å². The Labute approximate surface area is 122 Å². The third-order valence-corrected chi connectivity index (χ3v) is 6.02. The lowest BCUT2D eigenvalue weighted by Gasteiger charge is -2.54. The minimum absolute atomic E-state index is 0.138. The Bertz CT molecular complexity index is 395. The SMILES string of the molecule is CC(C)N(CC#N)C(=O)CC1C2CC3CC(C2)CC1C3. The second-order valence-electron chi connectivity index (χ2n) is 7.57. The van der Waals surface area contributed by atoms with Crippen LogP contribution in [0.4, 0.5) is 0 Å². The number of amides is 1. The standard InChI is InChI=1S/C17H26N2O/c1-11(2)19(4-3-18)17(20)10-16-14-6-12-5-13(8-14)9-15(16)7-12/h11-16H,4-10H2,1-2H3. The van der Waals surface area contributed by atoms with Crippen molar-refractivity contribution >= 4 is 5.91 Å². The molecule has 4 fully saturated rings. The van der Waals surface area contributed by atoms with E-state index in [0.29, 0.717) is 12.3 Å². The quantitative estimate of drug-likeness (QED) is 0.739. The molecule has 1 amide bonds. The largest absolute Gasteiger partial charge is 0.327 e. The molecule has 0 aliphatic heterocycles. The van der Waals surface area contributed by atoms with Crippen LogP contribution >= 0.6 is 0 Å². The summed E-state index contributed by atoms with van der Waals surface area (Å²) >= 11 is 0. The summed E-state index contributed by atoms with van der Waals surface area (Å²) in [6.07, 6.45) is 7.61. The highest BCUT2D eigenvalue weighted by Gasteiger charge is 2.48. The summed E-state index contributed by atoms with van der Waals surface area (Å²) in [5, 5.41) is 8.90. The molecule has 20 heavy (non-hydrogen) atoms. The third-order valence-electron chi connectivity index (χ3n) is 6.02. The van der Waals surface area contributed by atoms with E-state index in [0.717, 1.165) is 23.7 Å². The van der Waals surface area contributed by atoms with Gasteiger partial charge in [0.2, 0.25) is 5.91 Å². The predicted molar refractivity (Wildman–Crippen MR) is 77.6 cm³/mol. The van der Waals surface area contributed by atoms with Crippen LogP contribution in [0.15, 0.2) is 0 Å². The van der Waals surface area contributed by atoms with E-state index in [1.165, 1.54) is 32.1 Å². The molecule has 0 radical (unpaired) electrons. The highest BCUT2D eigenvalue weighted by Crippen LogP contribution is 2.57. The summed E-state index contributed by atoms with van der Waals surface area (Å²) in [4.78, 5) is 14.3. The fourth-order valence-electron chi connectivity index (χ4n) is 5.33. The average molecular weight is 274 g/mol. The average Bonchev–Trinajstić information content (AvgIpc) is 2.38. The lowest BCUT2D eigenvalue weighted by molar-refractivity contribution is -0.137. The van der Waals surface area contributed by atoms with Crippen LogP contribution in [0.3, 0.4) is 0 Å². The Morgan fingerprint density at radius 3 is 2.15 bits per heavy atom. The Hall–Kier alpha value is -1.04. The molecule has 4 bridgehead atoms. The van der Waals surface area contributed by atoms with Crippen molar-refractivity contribution in [2.24, 2.45) is 29.6 Å². The van der Waals surface area contributed by atoms with Gasteiger partial charge in [-0.2, -0.15) is 5.26 Å². The summed E-state index contributed by atoms with van der Waals surface area (Å²) in [7, 11) is 0. The summed E-state index contributed by atoms with van der Waals surface area (Å²) in [6.45, 7) is 4.25. The fourth-order valence-corrected chi connectivity index (χ4v) is 5.33. The summed E-state index contributed by atoms with van der Waals surface area (Å²) in [6, 6.07) is 2.27. The van der Waals surface area contributed by atoms with Crippen molar-refractivity contribution in [1.29, 1.82) is 5.26 Å². The van der Waals surface area contributed by atoms with Crippen molar-refractivity contribution in [1.82, 2.24) is 4.90 Å². The summed E-state index contributed by atoms with van der Waals surface area (Å²) < 4.78 is 0. The Kier molecular flexibility index (Phi) is 3.75. The highest BCUT2D eigenvalue weighted by atomic mass is 16.2. The minimum Gasteiger partial charge on any atom is -0.327 e. The van der Waals surface area contributed by atoms with Crippen molar-refractivity contribution in [2.75, 3.05) is 6.54 Å². The van der Waals surface area contributed by atoms with Gasteiger partial charge >= 0.3 is 0 Å². The molecule has 0 aromatic carbocycles. The molecule has 0 aromatic heterocycles. The number of nitrogens with zero attached hydrogens (tertiary/aromatic N) is 2. The van der Waals surface area contributed by atoms with Gasteiger partial charge in [0.1, 0.15) is 6.54 Å². The third kappa shape index (κ3) is 2.45. The van der Waals surface area contributed by atoms with Crippen molar-refractivity contribution in [3.63, 3.8) is 0 Å². The Morgan fingerprint density at radius 2 is 1.70 bits per heavy atom. The van der Waals surface area contributed by atoms with Gasteiger partial charge in [-0.05, 0) is 75.5 Å². The van der Waals surface area contributed by atoms with E-state index in [-0.39, 0.29) is 18.5 Å². The number of nitriles is 1. The van der Waals surface area contributed by atoms with Crippen molar-refractivity contribution in [3.8, 4) is 6.07 Å². The van der Waals surface area contributed by atoms with Crippen molar-refractivity contribution in [2.45, 2.75) is 58.4 Å². The maximum Gasteiger partial charge on any atom is 0.223 e. The van der Waals surface area contributed by atoms with Crippen LogP contribution in [0, 0.1) is 40.9 Å². The second kappa shape index (κ2) is 5.39. The molecule has 0 heterocycles. The van der Waals surface area contributed by atoms with Gasteiger partial charge in [-0.1, -0.05) is 0 Å². The topological polar surface area (TPSA) is 44.1 Å². The van der Waals surface area contributed by atoms with Crippen LogP contribution in [0.1, 0.15) is 52.4 Å². The molecule has 3 nitrogen and oxygen atoms in total. The molecule has 0 saturated heterocycles. The first-order valence-corrected chi connectivity index (χ1v) is 8.24. The lowest BCUT2D eigenvalue weighted by atomic mass is 9.51. The zero-order valence-corrected chi connectivity index (χ0v) is 12.7. The lowest BCUT2D eigenvalue weighted by Crippen LogP contribution is -2.47. The maximum atomic E-state index is 12.5. The van der Waals surface area contributed by atoms with Gasteiger partial charge in [-0.15, -0.1) is 0 Å². The van der Waals surface area contributed by atoms with E-state index >= 15 is 0 Å². The van der Waals surface area contributed by atoms with E-state index in [2.05, 4.69) is 6.07 Å².